The second kappa shape index (κ2) is 10.5. The number of benzene rings is 2. The van der Waals surface area contributed by atoms with Crippen LogP contribution in [-0.4, -0.2) is 64.0 Å². The maximum absolute atomic E-state index is 12.4. The molecule has 2 aliphatic rings. The molecule has 1 unspecified atom stereocenters. The molecule has 4 rings (SSSR count). The van der Waals surface area contributed by atoms with E-state index in [2.05, 4.69) is 54.3 Å². The van der Waals surface area contributed by atoms with E-state index in [0.29, 0.717) is 13.1 Å². The number of carboxylic acid groups (broad SMARTS) is 1. The zero-order valence-electron chi connectivity index (χ0n) is 18.8. The average Bonchev–Trinajstić information content (AvgIpc) is 3.21. The van der Waals surface area contributed by atoms with E-state index in [1.54, 1.807) is 0 Å². The van der Waals surface area contributed by atoms with Gasteiger partial charge >= 0.3 is 5.97 Å². The van der Waals surface area contributed by atoms with E-state index in [1.807, 2.05) is 4.90 Å². The van der Waals surface area contributed by atoms with Crippen LogP contribution in [0.15, 0.2) is 42.5 Å². The van der Waals surface area contributed by atoms with E-state index in [0.717, 1.165) is 37.2 Å². The Morgan fingerprint density at radius 2 is 1.81 bits per heavy atom. The van der Waals surface area contributed by atoms with Crippen LogP contribution in [0.5, 0.6) is 0 Å². The molecular formula is C26H32N2O3S. The lowest BCUT2D eigenvalue weighted by Gasteiger charge is -2.29. The number of carbonyl (C=O) groups excluding carboxylic acids is 1. The van der Waals surface area contributed by atoms with Gasteiger partial charge in [0.15, 0.2) is 0 Å². The first kappa shape index (κ1) is 22.9. The number of nitrogens with zero attached hydrogens (tertiary/aromatic N) is 2. The zero-order valence-corrected chi connectivity index (χ0v) is 19.6. The molecule has 0 bridgehead atoms. The van der Waals surface area contributed by atoms with Crippen molar-refractivity contribution in [2.45, 2.75) is 45.2 Å². The Kier molecular flexibility index (Phi) is 7.53. The van der Waals surface area contributed by atoms with Crippen LogP contribution in [0.1, 0.15) is 36.5 Å². The number of amides is 1. The van der Waals surface area contributed by atoms with Crippen molar-refractivity contribution in [3.05, 3.63) is 59.2 Å². The molecule has 1 fully saturated rings. The smallest absolute Gasteiger partial charge is 0.313 e. The van der Waals surface area contributed by atoms with E-state index in [4.69, 9.17) is 5.11 Å². The summed E-state index contributed by atoms with van der Waals surface area (Å²) in [5.74, 6) is -0.670. The molecule has 5 nitrogen and oxygen atoms in total. The molecular weight excluding hydrogens is 420 g/mol. The Morgan fingerprint density at radius 1 is 1.03 bits per heavy atom. The molecule has 1 amide bonds. The van der Waals surface area contributed by atoms with Crippen LogP contribution < -0.4 is 0 Å². The lowest BCUT2D eigenvalue weighted by Crippen LogP contribution is -2.37. The molecule has 2 aromatic rings. The van der Waals surface area contributed by atoms with Crippen molar-refractivity contribution >= 4 is 23.6 Å². The van der Waals surface area contributed by atoms with Gasteiger partial charge < -0.3 is 14.9 Å². The van der Waals surface area contributed by atoms with Crippen molar-refractivity contribution in [1.82, 2.24) is 9.80 Å². The van der Waals surface area contributed by atoms with Crippen LogP contribution in [0.3, 0.4) is 0 Å². The Balaban J connectivity index is 1.34. The molecule has 0 spiro atoms. The largest absolute Gasteiger partial charge is 0.481 e. The van der Waals surface area contributed by atoms with Gasteiger partial charge in [0.05, 0.1) is 11.5 Å². The van der Waals surface area contributed by atoms with Gasteiger partial charge in [0.25, 0.3) is 0 Å². The summed E-state index contributed by atoms with van der Waals surface area (Å²) in [5.41, 5.74) is 6.33. The zero-order chi connectivity index (χ0) is 22.5. The van der Waals surface area contributed by atoms with Crippen LogP contribution in [-0.2, 0) is 29.0 Å². The topological polar surface area (TPSA) is 60.9 Å². The first-order valence-electron chi connectivity index (χ1n) is 11.5. The highest BCUT2D eigenvalue weighted by molar-refractivity contribution is 8.00. The summed E-state index contributed by atoms with van der Waals surface area (Å²) in [7, 11) is 0. The Hall–Kier alpha value is -2.31. The number of aliphatic carboxylic acids is 1. The highest BCUT2D eigenvalue weighted by Crippen LogP contribution is 2.27. The van der Waals surface area contributed by atoms with Crippen LogP contribution in [0.25, 0.3) is 11.1 Å². The third-order valence-corrected chi connectivity index (χ3v) is 7.59. The van der Waals surface area contributed by atoms with E-state index < -0.39 is 5.97 Å². The van der Waals surface area contributed by atoms with Crippen LogP contribution in [0, 0.1) is 0 Å². The van der Waals surface area contributed by atoms with Gasteiger partial charge in [0.1, 0.15) is 0 Å². The predicted molar refractivity (Wildman–Crippen MR) is 130 cm³/mol. The van der Waals surface area contributed by atoms with E-state index in [1.165, 1.54) is 47.2 Å². The van der Waals surface area contributed by atoms with Crippen molar-refractivity contribution in [3.8, 4) is 11.1 Å². The normalized spacial score (nSPS) is 18.5. The summed E-state index contributed by atoms with van der Waals surface area (Å²) in [5, 5.41) is 8.74. The first-order chi connectivity index (χ1) is 15.5. The van der Waals surface area contributed by atoms with Crippen LogP contribution in [0.2, 0.25) is 0 Å². The lowest BCUT2D eigenvalue weighted by atomic mass is 9.94. The first-order valence-corrected chi connectivity index (χ1v) is 12.7. The Labute approximate surface area is 194 Å². The van der Waals surface area contributed by atoms with Gasteiger partial charge in [-0.1, -0.05) is 42.5 Å². The summed E-state index contributed by atoms with van der Waals surface area (Å²) in [6, 6.07) is 16.2. The standard InChI is InChI=1S/C26H32N2O3S/c1-19-3-2-12-27(19)13-10-20-4-6-21(7-5-20)22-8-9-24-16-28(14-11-23(24)15-22)25(29)17-32-18-26(30)31/h4-9,15,19H,2-3,10-14,16-18H2,1H3,(H,30,31). The maximum Gasteiger partial charge on any atom is 0.313 e. The van der Waals surface area contributed by atoms with Crippen molar-refractivity contribution in [2.75, 3.05) is 31.1 Å². The second-order valence-corrected chi connectivity index (χ2v) is 9.90. The molecule has 2 heterocycles. The van der Waals surface area contributed by atoms with Gasteiger partial charge in [-0.25, -0.2) is 0 Å². The van der Waals surface area contributed by atoms with Crippen molar-refractivity contribution in [3.63, 3.8) is 0 Å². The van der Waals surface area contributed by atoms with E-state index >= 15 is 0 Å². The number of carboxylic acids is 1. The van der Waals surface area contributed by atoms with Crippen LogP contribution >= 0.6 is 11.8 Å². The van der Waals surface area contributed by atoms with E-state index in [9.17, 15) is 9.59 Å². The molecule has 32 heavy (non-hydrogen) atoms. The minimum Gasteiger partial charge on any atom is -0.481 e. The number of hydrogen-bond donors (Lipinski definition) is 1. The Bertz CT molecular complexity index is 960. The molecule has 0 aromatic heterocycles. The summed E-state index contributed by atoms with van der Waals surface area (Å²) < 4.78 is 0. The van der Waals surface area contributed by atoms with Gasteiger partial charge in [-0.15, -0.1) is 11.8 Å². The van der Waals surface area contributed by atoms with Gasteiger partial charge in [0, 0.05) is 25.7 Å². The van der Waals surface area contributed by atoms with Gasteiger partial charge in [-0.2, -0.15) is 0 Å². The lowest BCUT2D eigenvalue weighted by molar-refractivity contribution is -0.133. The number of hydrogen-bond acceptors (Lipinski definition) is 4. The quantitative estimate of drug-likeness (QED) is 0.654. The summed E-state index contributed by atoms with van der Waals surface area (Å²) in [6.07, 6.45) is 4.59. The average molecular weight is 453 g/mol. The molecule has 6 heteroatoms. The van der Waals surface area contributed by atoms with Gasteiger partial charge in [-0.05, 0) is 67.0 Å². The Morgan fingerprint density at radius 3 is 2.53 bits per heavy atom. The van der Waals surface area contributed by atoms with Gasteiger partial charge in [-0.3, -0.25) is 9.59 Å². The van der Waals surface area contributed by atoms with Gasteiger partial charge in [0.2, 0.25) is 5.91 Å². The highest BCUT2D eigenvalue weighted by atomic mass is 32.2. The minimum atomic E-state index is -0.881. The number of likely N-dealkylation sites (tertiary alicyclic amines) is 1. The van der Waals surface area contributed by atoms with Crippen molar-refractivity contribution < 1.29 is 14.7 Å². The highest BCUT2D eigenvalue weighted by Gasteiger charge is 2.21. The maximum atomic E-state index is 12.4. The minimum absolute atomic E-state index is 0.0184. The summed E-state index contributed by atoms with van der Waals surface area (Å²) in [6.45, 7) is 6.01. The molecule has 2 aliphatic heterocycles. The predicted octanol–water partition coefficient (Wildman–Crippen LogP) is 4.08. The molecule has 0 radical (unpaired) electrons. The fourth-order valence-electron chi connectivity index (χ4n) is 4.72. The molecule has 170 valence electrons. The van der Waals surface area contributed by atoms with Crippen molar-refractivity contribution in [2.24, 2.45) is 0 Å². The van der Waals surface area contributed by atoms with Crippen molar-refractivity contribution in [1.29, 1.82) is 0 Å². The molecule has 2 aromatic carbocycles. The molecule has 1 N–H and O–H groups in total. The monoisotopic (exact) mass is 452 g/mol. The third-order valence-electron chi connectivity index (χ3n) is 6.69. The molecule has 1 atom stereocenters. The van der Waals surface area contributed by atoms with Crippen LogP contribution in [0.4, 0.5) is 0 Å². The molecule has 0 aliphatic carbocycles. The number of rotatable bonds is 8. The molecule has 0 saturated carbocycles. The molecule has 1 saturated heterocycles. The SMILES string of the molecule is CC1CCCN1CCc1ccc(-c2ccc3c(c2)CCN(C(=O)CSCC(=O)O)C3)cc1. The third kappa shape index (κ3) is 5.73. The number of thioether (sulfide) groups is 1. The summed E-state index contributed by atoms with van der Waals surface area (Å²) >= 11 is 1.16. The number of carbonyl (C=O) groups is 2. The summed E-state index contributed by atoms with van der Waals surface area (Å²) in [4.78, 5) is 27.4. The fourth-order valence-corrected chi connectivity index (χ4v) is 5.36. The second-order valence-electron chi connectivity index (χ2n) is 8.91. The fraction of sp³-hybridized carbons (Fsp3) is 0.462. The van der Waals surface area contributed by atoms with E-state index in [-0.39, 0.29) is 17.4 Å². The number of fused-ring (bicyclic) bond motifs is 1.